The van der Waals surface area contributed by atoms with Gasteiger partial charge in [0, 0.05) is 43.8 Å². The normalized spacial score (nSPS) is 14.5. The molecule has 0 unspecified atom stereocenters. The molecule has 0 saturated carbocycles. The summed E-state index contributed by atoms with van der Waals surface area (Å²) in [6.45, 7) is 10.4. The first kappa shape index (κ1) is 22.9. The molecule has 0 aliphatic carbocycles. The molecular formula is C25H32FN7. The van der Waals surface area contributed by atoms with Crippen LogP contribution in [0.3, 0.4) is 0 Å². The highest BCUT2D eigenvalue weighted by Gasteiger charge is 2.17. The Morgan fingerprint density at radius 1 is 1.00 bits per heavy atom. The number of hydrogen-bond donors (Lipinski definition) is 2. The lowest BCUT2D eigenvalue weighted by molar-refractivity contribution is 0.244. The van der Waals surface area contributed by atoms with E-state index in [4.69, 9.17) is 0 Å². The molecule has 1 aliphatic heterocycles. The van der Waals surface area contributed by atoms with Crippen molar-refractivity contribution in [3.8, 4) is 0 Å². The topological polar surface area (TPSA) is 69.2 Å². The number of piperazine rings is 1. The monoisotopic (exact) mass is 449 g/mol. The zero-order valence-corrected chi connectivity index (χ0v) is 19.3. The third-order valence-electron chi connectivity index (χ3n) is 5.79. The van der Waals surface area contributed by atoms with E-state index in [1.54, 1.807) is 6.20 Å². The van der Waals surface area contributed by atoms with E-state index in [0.29, 0.717) is 12.5 Å². The van der Waals surface area contributed by atoms with E-state index in [9.17, 15) is 4.39 Å². The molecule has 3 aromatic rings. The standard InChI is InChI=1S/C25H32FN7/c1-19(2)10-12-32-13-15-33(16-14-32)22-8-6-20(7-9-22)30-24-23(26)18-29-25(31-24)28-17-21-5-3-4-11-27-21/h3-9,11,18-19H,10,12-17H2,1-2H3,(H2,28,29,30,31). The fourth-order valence-corrected chi connectivity index (χ4v) is 3.78. The van der Waals surface area contributed by atoms with Crippen molar-refractivity contribution in [2.24, 2.45) is 5.92 Å². The van der Waals surface area contributed by atoms with E-state index in [2.05, 4.69) is 61.4 Å². The molecule has 0 bridgehead atoms. The summed E-state index contributed by atoms with van der Waals surface area (Å²) in [6.07, 6.45) is 4.15. The molecule has 0 amide bonds. The van der Waals surface area contributed by atoms with Gasteiger partial charge in [0.25, 0.3) is 0 Å². The fourth-order valence-electron chi connectivity index (χ4n) is 3.78. The Bertz CT molecular complexity index is 1000. The molecule has 0 atom stereocenters. The number of hydrogen-bond acceptors (Lipinski definition) is 7. The summed E-state index contributed by atoms with van der Waals surface area (Å²) in [6, 6.07) is 13.8. The summed E-state index contributed by atoms with van der Waals surface area (Å²) in [4.78, 5) is 17.5. The summed E-state index contributed by atoms with van der Waals surface area (Å²) >= 11 is 0. The average molecular weight is 450 g/mol. The van der Waals surface area contributed by atoms with E-state index < -0.39 is 5.82 Å². The van der Waals surface area contributed by atoms with Crippen molar-refractivity contribution in [1.82, 2.24) is 19.9 Å². The van der Waals surface area contributed by atoms with Crippen molar-refractivity contribution < 1.29 is 4.39 Å². The Balaban J connectivity index is 1.32. The van der Waals surface area contributed by atoms with Crippen molar-refractivity contribution in [1.29, 1.82) is 0 Å². The van der Waals surface area contributed by atoms with Gasteiger partial charge >= 0.3 is 0 Å². The van der Waals surface area contributed by atoms with Crippen LogP contribution in [-0.4, -0.2) is 52.6 Å². The van der Waals surface area contributed by atoms with Gasteiger partial charge in [0.05, 0.1) is 18.4 Å². The van der Waals surface area contributed by atoms with Gasteiger partial charge in [-0.1, -0.05) is 19.9 Å². The third-order valence-corrected chi connectivity index (χ3v) is 5.79. The molecule has 174 valence electrons. The van der Waals surface area contributed by atoms with E-state index in [0.717, 1.165) is 43.5 Å². The van der Waals surface area contributed by atoms with Gasteiger partial charge in [0.1, 0.15) is 0 Å². The molecule has 1 fully saturated rings. The molecule has 2 N–H and O–H groups in total. The highest BCUT2D eigenvalue weighted by atomic mass is 19.1. The second kappa shape index (κ2) is 11.0. The summed E-state index contributed by atoms with van der Waals surface area (Å²) < 4.78 is 14.3. The van der Waals surface area contributed by atoms with Crippen LogP contribution in [0, 0.1) is 11.7 Å². The molecule has 0 radical (unpaired) electrons. The van der Waals surface area contributed by atoms with Crippen molar-refractivity contribution in [3.05, 3.63) is 66.4 Å². The summed E-state index contributed by atoms with van der Waals surface area (Å²) in [7, 11) is 0. The van der Waals surface area contributed by atoms with Crippen LogP contribution in [0.1, 0.15) is 26.0 Å². The van der Waals surface area contributed by atoms with Gasteiger partial charge < -0.3 is 15.5 Å². The van der Waals surface area contributed by atoms with Gasteiger partial charge in [-0.05, 0) is 55.3 Å². The van der Waals surface area contributed by atoms with Crippen LogP contribution in [0.2, 0.25) is 0 Å². The Kier molecular flexibility index (Phi) is 7.67. The van der Waals surface area contributed by atoms with Crippen LogP contribution in [0.4, 0.5) is 27.5 Å². The van der Waals surface area contributed by atoms with Crippen molar-refractivity contribution in [3.63, 3.8) is 0 Å². The summed E-state index contributed by atoms with van der Waals surface area (Å²) in [5.74, 6) is 0.729. The maximum absolute atomic E-state index is 14.3. The zero-order chi connectivity index (χ0) is 23.0. The molecular weight excluding hydrogens is 417 g/mol. The number of rotatable bonds is 9. The lowest BCUT2D eigenvalue weighted by Gasteiger charge is -2.36. The molecule has 1 aliphatic rings. The van der Waals surface area contributed by atoms with Gasteiger partial charge in [-0.15, -0.1) is 0 Å². The number of halogens is 1. The van der Waals surface area contributed by atoms with Crippen LogP contribution in [-0.2, 0) is 6.54 Å². The predicted octanol–water partition coefficient (Wildman–Crippen LogP) is 4.53. The number of nitrogens with one attached hydrogen (secondary N) is 2. The van der Waals surface area contributed by atoms with E-state index >= 15 is 0 Å². The van der Waals surface area contributed by atoms with Crippen LogP contribution < -0.4 is 15.5 Å². The van der Waals surface area contributed by atoms with Gasteiger partial charge in [-0.3, -0.25) is 9.88 Å². The first-order valence-corrected chi connectivity index (χ1v) is 11.6. The van der Waals surface area contributed by atoms with Gasteiger partial charge in [0.15, 0.2) is 11.6 Å². The van der Waals surface area contributed by atoms with Crippen molar-refractivity contribution in [2.45, 2.75) is 26.8 Å². The van der Waals surface area contributed by atoms with Gasteiger partial charge in [-0.2, -0.15) is 4.98 Å². The van der Waals surface area contributed by atoms with E-state index in [1.807, 2.05) is 30.3 Å². The fraction of sp³-hybridized carbons (Fsp3) is 0.400. The van der Waals surface area contributed by atoms with Crippen LogP contribution in [0.15, 0.2) is 54.9 Å². The second-order valence-corrected chi connectivity index (χ2v) is 8.75. The largest absolute Gasteiger partial charge is 0.369 e. The first-order chi connectivity index (χ1) is 16.1. The molecule has 3 heterocycles. The Hall–Kier alpha value is -3.26. The second-order valence-electron chi connectivity index (χ2n) is 8.75. The number of anilines is 4. The molecule has 0 spiro atoms. The molecule has 1 saturated heterocycles. The number of aromatic nitrogens is 3. The van der Waals surface area contributed by atoms with Gasteiger partial charge in [0.2, 0.25) is 5.95 Å². The van der Waals surface area contributed by atoms with Crippen LogP contribution in [0.5, 0.6) is 0 Å². The highest BCUT2D eigenvalue weighted by molar-refractivity contribution is 5.61. The molecule has 8 heteroatoms. The van der Waals surface area contributed by atoms with E-state index in [-0.39, 0.29) is 5.82 Å². The van der Waals surface area contributed by atoms with E-state index in [1.165, 1.54) is 24.8 Å². The number of benzene rings is 1. The molecule has 1 aromatic carbocycles. The minimum atomic E-state index is -0.500. The average Bonchev–Trinajstić information content (AvgIpc) is 2.85. The van der Waals surface area contributed by atoms with Crippen LogP contribution in [0.25, 0.3) is 0 Å². The first-order valence-electron chi connectivity index (χ1n) is 11.6. The Labute approximate surface area is 195 Å². The van der Waals surface area contributed by atoms with Crippen LogP contribution >= 0.6 is 0 Å². The lowest BCUT2D eigenvalue weighted by atomic mass is 10.1. The Morgan fingerprint density at radius 3 is 2.48 bits per heavy atom. The molecule has 2 aromatic heterocycles. The molecule has 4 rings (SSSR count). The lowest BCUT2D eigenvalue weighted by Crippen LogP contribution is -2.46. The third kappa shape index (κ3) is 6.61. The Morgan fingerprint density at radius 2 is 1.79 bits per heavy atom. The highest BCUT2D eigenvalue weighted by Crippen LogP contribution is 2.23. The zero-order valence-electron chi connectivity index (χ0n) is 19.3. The number of nitrogens with zero attached hydrogens (tertiary/aromatic N) is 5. The SMILES string of the molecule is CC(C)CCN1CCN(c2ccc(Nc3nc(NCc4ccccn4)ncc3F)cc2)CC1. The van der Waals surface area contributed by atoms with Gasteiger partial charge in [-0.25, -0.2) is 9.37 Å². The minimum absolute atomic E-state index is 0.139. The maximum Gasteiger partial charge on any atom is 0.225 e. The number of pyridine rings is 1. The molecule has 7 nitrogen and oxygen atoms in total. The van der Waals surface area contributed by atoms with Crippen molar-refractivity contribution in [2.75, 3.05) is 48.3 Å². The summed E-state index contributed by atoms with van der Waals surface area (Å²) in [5, 5.41) is 6.15. The molecule has 33 heavy (non-hydrogen) atoms. The quantitative estimate of drug-likeness (QED) is 0.497. The maximum atomic E-state index is 14.3. The smallest absolute Gasteiger partial charge is 0.225 e. The minimum Gasteiger partial charge on any atom is -0.369 e. The van der Waals surface area contributed by atoms with Crippen molar-refractivity contribution >= 4 is 23.1 Å². The predicted molar refractivity (Wildman–Crippen MR) is 131 cm³/mol. The summed E-state index contributed by atoms with van der Waals surface area (Å²) in [5.41, 5.74) is 2.82.